The van der Waals surface area contributed by atoms with Crippen LogP contribution in [0.2, 0.25) is 0 Å². The van der Waals surface area contributed by atoms with E-state index in [2.05, 4.69) is 22.6 Å². The van der Waals surface area contributed by atoms with Crippen LogP contribution in [-0.2, 0) is 9.59 Å². The molecule has 3 amide bonds. The molecule has 1 unspecified atom stereocenters. The standard InChI is InChI=1S/C20H19IN2O3S/c21-13-7-9-15(10-8-13)23-18(24)12-16(19(23)25)22(14-4-1-2-5-14)20(26)17-6-3-11-27-17/h3,6-11,14,16H,1-2,4-5,12H2. The van der Waals surface area contributed by atoms with Crippen molar-refractivity contribution in [1.82, 2.24) is 4.90 Å². The SMILES string of the molecule is O=C1CC(N(C(=O)c2cccs2)C2CCCC2)C(=O)N1c1ccc(I)cc1. The Balaban J connectivity index is 1.66. The maximum atomic E-state index is 13.2. The maximum absolute atomic E-state index is 13.2. The van der Waals surface area contributed by atoms with Gasteiger partial charge in [-0.2, -0.15) is 0 Å². The summed E-state index contributed by atoms with van der Waals surface area (Å²) < 4.78 is 1.03. The number of carbonyl (C=O) groups is 3. The number of amides is 3. The fourth-order valence-corrected chi connectivity index (χ4v) is 4.99. The highest BCUT2D eigenvalue weighted by molar-refractivity contribution is 14.1. The first kappa shape index (κ1) is 18.6. The van der Waals surface area contributed by atoms with Gasteiger partial charge >= 0.3 is 0 Å². The maximum Gasteiger partial charge on any atom is 0.264 e. The number of thiophene rings is 1. The van der Waals surface area contributed by atoms with Crippen molar-refractivity contribution in [2.24, 2.45) is 0 Å². The molecule has 2 aromatic rings. The first-order valence-corrected chi connectivity index (χ1v) is 11.0. The van der Waals surface area contributed by atoms with Crippen molar-refractivity contribution in [1.29, 1.82) is 0 Å². The third-order valence-corrected chi connectivity index (χ3v) is 6.81. The van der Waals surface area contributed by atoms with Gasteiger partial charge in [0.05, 0.1) is 17.0 Å². The number of hydrogen-bond acceptors (Lipinski definition) is 4. The van der Waals surface area contributed by atoms with Crippen LogP contribution in [0.4, 0.5) is 5.69 Å². The Hall–Kier alpha value is -1.74. The van der Waals surface area contributed by atoms with E-state index in [0.29, 0.717) is 10.6 Å². The van der Waals surface area contributed by atoms with Gasteiger partial charge in [0.25, 0.3) is 11.8 Å². The fourth-order valence-electron chi connectivity index (χ4n) is 3.97. The molecule has 140 valence electrons. The van der Waals surface area contributed by atoms with Crippen LogP contribution >= 0.6 is 33.9 Å². The first-order chi connectivity index (χ1) is 13.1. The highest BCUT2D eigenvalue weighted by Crippen LogP contribution is 2.33. The van der Waals surface area contributed by atoms with E-state index < -0.39 is 6.04 Å². The molecule has 0 radical (unpaired) electrons. The van der Waals surface area contributed by atoms with Gasteiger partial charge in [0.2, 0.25) is 5.91 Å². The van der Waals surface area contributed by atoms with E-state index in [0.717, 1.165) is 29.3 Å². The lowest BCUT2D eigenvalue weighted by Crippen LogP contribution is -2.49. The zero-order valence-electron chi connectivity index (χ0n) is 14.6. The second-order valence-corrected chi connectivity index (χ2v) is 9.09. The van der Waals surface area contributed by atoms with Crippen molar-refractivity contribution < 1.29 is 14.4 Å². The summed E-state index contributed by atoms with van der Waals surface area (Å²) in [5.41, 5.74) is 0.572. The van der Waals surface area contributed by atoms with E-state index in [4.69, 9.17) is 0 Å². The molecule has 1 aromatic carbocycles. The molecule has 0 N–H and O–H groups in total. The van der Waals surface area contributed by atoms with E-state index in [1.54, 1.807) is 23.1 Å². The Morgan fingerprint density at radius 3 is 2.44 bits per heavy atom. The Bertz CT molecular complexity index is 860. The summed E-state index contributed by atoms with van der Waals surface area (Å²) >= 11 is 3.56. The summed E-state index contributed by atoms with van der Waals surface area (Å²) in [5, 5.41) is 1.86. The fraction of sp³-hybridized carbons (Fsp3) is 0.350. The van der Waals surface area contributed by atoms with Crippen LogP contribution in [0.25, 0.3) is 0 Å². The van der Waals surface area contributed by atoms with Crippen LogP contribution < -0.4 is 4.90 Å². The largest absolute Gasteiger partial charge is 0.322 e. The summed E-state index contributed by atoms with van der Waals surface area (Å²) in [5.74, 6) is -0.668. The highest BCUT2D eigenvalue weighted by Gasteiger charge is 2.47. The third kappa shape index (κ3) is 3.54. The molecule has 7 heteroatoms. The number of imide groups is 1. The topological polar surface area (TPSA) is 57.7 Å². The van der Waals surface area contributed by atoms with Crippen LogP contribution in [-0.4, -0.2) is 34.7 Å². The van der Waals surface area contributed by atoms with Crippen molar-refractivity contribution in [3.63, 3.8) is 0 Å². The van der Waals surface area contributed by atoms with Gasteiger partial charge in [0.15, 0.2) is 0 Å². The Morgan fingerprint density at radius 2 is 1.81 bits per heavy atom. The molecule has 27 heavy (non-hydrogen) atoms. The van der Waals surface area contributed by atoms with Gasteiger partial charge in [-0.1, -0.05) is 18.9 Å². The van der Waals surface area contributed by atoms with Gasteiger partial charge in [0.1, 0.15) is 6.04 Å². The summed E-state index contributed by atoms with van der Waals surface area (Å²) in [6.07, 6.45) is 3.93. The Kier molecular flexibility index (Phi) is 5.32. The molecule has 1 atom stereocenters. The summed E-state index contributed by atoms with van der Waals surface area (Å²) in [7, 11) is 0. The zero-order chi connectivity index (χ0) is 19.0. The van der Waals surface area contributed by atoms with Crippen molar-refractivity contribution in [2.75, 3.05) is 4.90 Å². The van der Waals surface area contributed by atoms with Crippen LogP contribution in [0, 0.1) is 3.57 Å². The quantitative estimate of drug-likeness (QED) is 0.476. The predicted molar refractivity (Wildman–Crippen MR) is 113 cm³/mol. The molecule has 2 aliphatic rings. The van der Waals surface area contributed by atoms with E-state index in [1.807, 2.05) is 23.6 Å². The van der Waals surface area contributed by atoms with Crippen LogP contribution in [0.5, 0.6) is 0 Å². The second kappa shape index (κ2) is 7.71. The normalized spacial score (nSPS) is 20.5. The lowest BCUT2D eigenvalue weighted by molar-refractivity contribution is -0.123. The van der Waals surface area contributed by atoms with Gasteiger partial charge in [-0.15, -0.1) is 11.3 Å². The molecular weight excluding hydrogens is 475 g/mol. The average Bonchev–Trinajstić information content (AvgIpc) is 3.40. The summed E-state index contributed by atoms with van der Waals surface area (Å²) in [6.45, 7) is 0. The Labute approximate surface area is 175 Å². The number of rotatable bonds is 4. The van der Waals surface area contributed by atoms with E-state index >= 15 is 0 Å². The van der Waals surface area contributed by atoms with Gasteiger partial charge < -0.3 is 4.90 Å². The van der Waals surface area contributed by atoms with Gasteiger partial charge in [-0.3, -0.25) is 14.4 Å². The molecule has 2 heterocycles. The molecule has 1 saturated heterocycles. The predicted octanol–water partition coefficient (Wildman–Crippen LogP) is 4.07. The number of halogens is 1. The number of nitrogens with zero attached hydrogens (tertiary/aromatic N) is 2. The molecule has 0 bridgehead atoms. The van der Waals surface area contributed by atoms with Crippen LogP contribution in [0.1, 0.15) is 41.8 Å². The van der Waals surface area contributed by atoms with Crippen LogP contribution in [0.3, 0.4) is 0 Å². The van der Waals surface area contributed by atoms with Gasteiger partial charge in [-0.25, -0.2) is 4.90 Å². The molecule has 1 aliphatic heterocycles. The number of carbonyl (C=O) groups excluding carboxylic acids is 3. The third-order valence-electron chi connectivity index (χ3n) is 5.23. The molecule has 4 rings (SSSR count). The molecule has 1 aromatic heterocycles. The van der Waals surface area contributed by atoms with Gasteiger partial charge in [0, 0.05) is 9.61 Å². The molecule has 1 aliphatic carbocycles. The minimum Gasteiger partial charge on any atom is -0.322 e. The second-order valence-electron chi connectivity index (χ2n) is 6.89. The molecule has 5 nitrogen and oxygen atoms in total. The van der Waals surface area contributed by atoms with Crippen molar-refractivity contribution >= 4 is 57.3 Å². The lowest BCUT2D eigenvalue weighted by atomic mass is 10.1. The van der Waals surface area contributed by atoms with Crippen LogP contribution in [0.15, 0.2) is 41.8 Å². The van der Waals surface area contributed by atoms with Crippen molar-refractivity contribution in [3.8, 4) is 0 Å². The molecule has 1 saturated carbocycles. The number of hydrogen-bond donors (Lipinski definition) is 0. The van der Waals surface area contributed by atoms with E-state index in [-0.39, 0.29) is 30.2 Å². The van der Waals surface area contributed by atoms with E-state index in [1.165, 1.54) is 16.2 Å². The summed E-state index contributed by atoms with van der Waals surface area (Å²) in [4.78, 5) is 42.6. The smallest absolute Gasteiger partial charge is 0.264 e. The Morgan fingerprint density at radius 1 is 1.11 bits per heavy atom. The molecular formula is C20H19IN2O3S. The minimum atomic E-state index is -0.713. The number of benzene rings is 1. The zero-order valence-corrected chi connectivity index (χ0v) is 17.6. The summed E-state index contributed by atoms with van der Waals surface area (Å²) in [6, 6.07) is 10.2. The monoisotopic (exact) mass is 494 g/mol. The van der Waals surface area contributed by atoms with Crippen molar-refractivity contribution in [2.45, 2.75) is 44.2 Å². The number of anilines is 1. The average molecular weight is 494 g/mol. The molecule has 0 spiro atoms. The lowest BCUT2D eigenvalue weighted by Gasteiger charge is -2.32. The van der Waals surface area contributed by atoms with Gasteiger partial charge in [-0.05, 0) is 71.1 Å². The minimum absolute atomic E-state index is 0.0259. The van der Waals surface area contributed by atoms with Crippen molar-refractivity contribution in [3.05, 3.63) is 50.2 Å². The first-order valence-electron chi connectivity index (χ1n) is 9.05. The van der Waals surface area contributed by atoms with E-state index in [9.17, 15) is 14.4 Å². The molecule has 2 fully saturated rings. The highest BCUT2D eigenvalue weighted by atomic mass is 127.